The van der Waals surface area contributed by atoms with Crippen molar-refractivity contribution in [3.63, 3.8) is 0 Å². The van der Waals surface area contributed by atoms with Crippen LogP contribution in [0.5, 0.6) is 0 Å². The van der Waals surface area contributed by atoms with Crippen LogP contribution < -0.4 is 21.6 Å². The van der Waals surface area contributed by atoms with Crippen LogP contribution in [0.4, 0.5) is 24.5 Å². The number of aromatic nitrogens is 1. The van der Waals surface area contributed by atoms with Gasteiger partial charge in [-0.05, 0) is 36.1 Å². The van der Waals surface area contributed by atoms with E-state index in [1.54, 1.807) is 19.1 Å². The lowest BCUT2D eigenvalue weighted by molar-refractivity contribution is 0.0889. The van der Waals surface area contributed by atoms with E-state index in [9.17, 15) is 18.4 Å². The highest BCUT2D eigenvalue weighted by Crippen LogP contribution is 2.35. The molecule has 0 aliphatic carbocycles. The number of benzene rings is 1. The fourth-order valence-electron chi connectivity index (χ4n) is 3.65. The second-order valence-corrected chi connectivity index (χ2v) is 10.4. The van der Waals surface area contributed by atoms with Crippen molar-refractivity contribution in [2.75, 3.05) is 23.7 Å². The molecule has 4 N–H and O–H groups in total. The van der Waals surface area contributed by atoms with Crippen LogP contribution in [-0.2, 0) is 0 Å². The van der Waals surface area contributed by atoms with Gasteiger partial charge in [0.15, 0.2) is 0 Å². The zero-order valence-corrected chi connectivity index (χ0v) is 22.4. The first-order valence-electron chi connectivity index (χ1n) is 11.9. The van der Waals surface area contributed by atoms with Crippen LogP contribution in [0.15, 0.2) is 66.4 Å². The Labute approximate surface area is 225 Å². The Balaban J connectivity index is 2.05. The second kappa shape index (κ2) is 12.2. The van der Waals surface area contributed by atoms with E-state index in [1.165, 1.54) is 35.6 Å². The van der Waals surface area contributed by atoms with E-state index in [-0.39, 0.29) is 5.41 Å². The highest BCUT2D eigenvalue weighted by molar-refractivity contribution is 6.35. The monoisotopic (exact) mass is 545 g/mol. The van der Waals surface area contributed by atoms with E-state index in [0.29, 0.717) is 50.7 Å². The topological polar surface area (TPSA) is 88.0 Å². The number of hydrogen-bond acceptors (Lipinski definition) is 7. The van der Waals surface area contributed by atoms with Crippen molar-refractivity contribution in [1.29, 1.82) is 5.26 Å². The van der Waals surface area contributed by atoms with Gasteiger partial charge in [0, 0.05) is 30.0 Å². The van der Waals surface area contributed by atoms with Crippen LogP contribution >= 0.6 is 11.6 Å². The van der Waals surface area contributed by atoms with Crippen molar-refractivity contribution in [3.8, 4) is 6.07 Å². The normalized spacial score (nSPS) is 15.0. The summed E-state index contributed by atoms with van der Waals surface area (Å²) in [7, 11) is 0. The molecule has 0 saturated heterocycles. The average Bonchev–Trinajstić information content (AvgIpc) is 3.30. The minimum Gasteiger partial charge on any atom is -0.383 e. The molecule has 1 aromatic carbocycles. The molecule has 2 heterocycles. The van der Waals surface area contributed by atoms with Crippen molar-refractivity contribution >= 4 is 33.9 Å². The zero-order valence-electron chi connectivity index (χ0n) is 21.7. The Kier molecular flexibility index (Phi) is 9.31. The Morgan fingerprint density at radius 2 is 2.05 bits per heavy atom. The highest BCUT2D eigenvalue weighted by atomic mass is 35.5. The molecule has 11 heteroatoms. The van der Waals surface area contributed by atoms with Gasteiger partial charge in [-0.15, -0.1) is 5.53 Å². The van der Waals surface area contributed by atoms with Gasteiger partial charge in [0.25, 0.3) is 6.43 Å². The Morgan fingerprint density at radius 1 is 1.32 bits per heavy atom. The first-order valence-corrected chi connectivity index (χ1v) is 12.3. The molecule has 3 rings (SSSR count). The maximum Gasteiger partial charge on any atom is 0.257 e. The minimum absolute atomic E-state index is 0.0585. The molecule has 0 saturated carbocycles. The standard InChI is InChI=1S/C27H31ClF3N7/c1-6-18(29)8-7-16(2)24(22-13-38(37-36-22)14-23(30)31)35-19-9-20-25(34-15-27(3,4)5)17(11-32)12-33-26(20)21(28)10-19/h6-10,12-13,23-24,35-37H,2,14-15H2,1,3-5H3,(H,33,34)/b8-7-,18-6+/t24-/m0/s1. The molecule has 1 atom stereocenters. The van der Waals surface area contributed by atoms with Crippen molar-refractivity contribution in [2.24, 2.45) is 5.41 Å². The number of alkyl halides is 2. The third kappa shape index (κ3) is 7.43. The van der Waals surface area contributed by atoms with Crippen molar-refractivity contribution in [2.45, 2.75) is 40.2 Å². The summed E-state index contributed by atoms with van der Waals surface area (Å²) in [6.07, 6.45) is 4.48. The molecule has 1 aliphatic rings. The first-order chi connectivity index (χ1) is 17.9. The Bertz CT molecular complexity index is 1320. The summed E-state index contributed by atoms with van der Waals surface area (Å²) in [5, 5.41) is 18.6. The first kappa shape index (κ1) is 28.9. The second-order valence-electron chi connectivity index (χ2n) is 9.95. The number of fused-ring (bicyclic) bond motifs is 1. The van der Waals surface area contributed by atoms with Crippen LogP contribution in [0.2, 0.25) is 5.02 Å². The average molecular weight is 546 g/mol. The number of anilines is 2. The molecule has 0 fully saturated rings. The van der Waals surface area contributed by atoms with Gasteiger partial charge in [-0.1, -0.05) is 51.1 Å². The molecule has 7 nitrogen and oxygen atoms in total. The van der Waals surface area contributed by atoms with Crippen LogP contribution in [-0.4, -0.2) is 35.5 Å². The van der Waals surface area contributed by atoms with E-state index in [0.717, 1.165) is 0 Å². The molecule has 0 amide bonds. The van der Waals surface area contributed by atoms with E-state index in [4.69, 9.17) is 11.6 Å². The summed E-state index contributed by atoms with van der Waals surface area (Å²) in [6, 6.07) is 4.98. The van der Waals surface area contributed by atoms with Crippen LogP contribution in [0.3, 0.4) is 0 Å². The summed E-state index contributed by atoms with van der Waals surface area (Å²) < 4.78 is 39.6. The minimum atomic E-state index is -2.56. The number of pyridine rings is 1. The molecule has 1 aromatic heterocycles. The number of hydrogen-bond donors (Lipinski definition) is 4. The Hall–Kier alpha value is -3.68. The van der Waals surface area contributed by atoms with E-state index in [2.05, 4.69) is 60.0 Å². The number of allylic oxidation sites excluding steroid dienone is 3. The molecule has 38 heavy (non-hydrogen) atoms. The molecule has 0 bridgehead atoms. The smallest absolute Gasteiger partial charge is 0.257 e. The summed E-state index contributed by atoms with van der Waals surface area (Å²) in [6.45, 7) is 11.9. The van der Waals surface area contributed by atoms with Crippen molar-refractivity contribution in [1.82, 2.24) is 21.0 Å². The number of halogens is 4. The van der Waals surface area contributed by atoms with Crippen LogP contribution in [0, 0.1) is 16.7 Å². The van der Waals surface area contributed by atoms with Gasteiger partial charge >= 0.3 is 0 Å². The highest BCUT2D eigenvalue weighted by Gasteiger charge is 2.24. The van der Waals surface area contributed by atoms with Crippen LogP contribution in [0.25, 0.3) is 10.9 Å². The fraction of sp³-hybridized carbons (Fsp3) is 0.333. The van der Waals surface area contributed by atoms with Gasteiger partial charge in [0.1, 0.15) is 11.9 Å². The van der Waals surface area contributed by atoms with Gasteiger partial charge < -0.3 is 16.1 Å². The molecule has 0 spiro atoms. The summed E-state index contributed by atoms with van der Waals surface area (Å²) in [5.74, 6) is -0.450. The third-order valence-corrected chi connectivity index (χ3v) is 5.83. The predicted molar refractivity (Wildman–Crippen MR) is 147 cm³/mol. The van der Waals surface area contributed by atoms with Gasteiger partial charge in [-0.3, -0.25) is 9.99 Å². The van der Waals surface area contributed by atoms with E-state index in [1.807, 2.05) is 0 Å². The lowest BCUT2D eigenvalue weighted by Gasteiger charge is -2.23. The molecular formula is C27H31ClF3N7. The lowest BCUT2D eigenvalue weighted by atomic mass is 9.96. The molecule has 2 aromatic rings. The number of hydrazine groups is 2. The van der Waals surface area contributed by atoms with Gasteiger partial charge in [0.05, 0.1) is 40.1 Å². The van der Waals surface area contributed by atoms with Gasteiger partial charge in [-0.25, -0.2) is 13.2 Å². The molecular weight excluding hydrogens is 515 g/mol. The van der Waals surface area contributed by atoms with Crippen molar-refractivity contribution < 1.29 is 13.2 Å². The Morgan fingerprint density at radius 3 is 2.68 bits per heavy atom. The van der Waals surface area contributed by atoms with E-state index < -0.39 is 24.8 Å². The SMILES string of the molecule is C=C(/C=C\C(F)=C/C)[C@H](Nc1cc(Cl)c2ncc(C#N)c(NCC(C)(C)C)c2c1)C1=CN(CC(F)F)NN1. The lowest BCUT2D eigenvalue weighted by Crippen LogP contribution is -2.41. The third-order valence-electron chi connectivity index (χ3n) is 5.54. The van der Waals surface area contributed by atoms with Crippen molar-refractivity contribution in [3.05, 3.63) is 77.0 Å². The summed E-state index contributed by atoms with van der Waals surface area (Å²) in [5.41, 5.74) is 8.45. The molecule has 202 valence electrons. The van der Waals surface area contributed by atoms with E-state index >= 15 is 0 Å². The maximum absolute atomic E-state index is 13.8. The van der Waals surface area contributed by atoms with Crippen LogP contribution in [0.1, 0.15) is 33.3 Å². The van der Waals surface area contributed by atoms with Gasteiger partial charge in [-0.2, -0.15) is 5.26 Å². The zero-order chi connectivity index (χ0) is 28.0. The molecule has 0 unspecified atom stereocenters. The molecule has 1 aliphatic heterocycles. The number of rotatable bonds is 10. The number of nitrogens with one attached hydrogen (secondary N) is 4. The number of nitrogens with zero attached hydrogens (tertiary/aromatic N) is 3. The summed E-state index contributed by atoms with van der Waals surface area (Å²) >= 11 is 6.60. The van der Waals surface area contributed by atoms with Gasteiger partial charge in [0.2, 0.25) is 0 Å². The summed E-state index contributed by atoms with van der Waals surface area (Å²) in [4.78, 5) is 4.37. The predicted octanol–water partition coefficient (Wildman–Crippen LogP) is 6.42. The maximum atomic E-state index is 13.8. The number of nitriles is 1. The quantitative estimate of drug-likeness (QED) is 0.256. The largest absolute Gasteiger partial charge is 0.383 e. The fourth-order valence-corrected chi connectivity index (χ4v) is 3.92. The molecule has 0 radical (unpaired) electrons.